The van der Waals surface area contributed by atoms with Crippen molar-refractivity contribution in [2.75, 3.05) is 7.11 Å². The van der Waals surface area contributed by atoms with Crippen molar-refractivity contribution in [3.63, 3.8) is 0 Å². The first kappa shape index (κ1) is 23.6. The van der Waals surface area contributed by atoms with Crippen molar-refractivity contribution in [2.45, 2.75) is 6.61 Å². The second kappa shape index (κ2) is 10.6. The monoisotopic (exact) mass is 539 g/mol. The zero-order valence-electron chi connectivity index (χ0n) is 19.5. The molecule has 178 valence electrons. The third kappa shape index (κ3) is 5.24. The van der Waals surface area contributed by atoms with E-state index in [0.29, 0.717) is 22.6 Å². The predicted octanol–water partition coefficient (Wildman–Crippen LogP) is 7.05. The lowest BCUT2D eigenvalue weighted by Crippen LogP contribution is -2.05. The smallest absolute Gasteiger partial charge is 0.363 e. The molecule has 0 bridgehead atoms. The third-order valence-electron chi connectivity index (χ3n) is 5.64. The van der Waals surface area contributed by atoms with Gasteiger partial charge < -0.3 is 14.2 Å². The molecule has 0 amide bonds. The van der Waals surface area contributed by atoms with E-state index in [1.165, 1.54) is 0 Å². The van der Waals surface area contributed by atoms with Gasteiger partial charge in [-0.15, -0.1) is 0 Å². The lowest BCUT2D eigenvalue weighted by molar-refractivity contribution is -0.129. The summed E-state index contributed by atoms with van der Waals surface area (Å²) in [6, 6.07) is 31.4. The summed E-state index contributed by atoms with van der Waals surface area (Å²) in [7, 11) is 1.58. The van der Waals surface area contributed by atoms with Crippen LogP contribution >= 0.6 is 15.9 Å². The summed E-state index contributed by atoms with van der Waals surface area (Å²) in [6.07, 6.45) is 1.67. The van der Waals surface area contributed by atoms with Gasteiger partial charge in [0.1, 0.15) is 6.61 Å². The van der Waals surface area contributed by atoms with Crippen LogP contribution in [-0.2, 0) is 16.1 Å². The fraction of sp³-hybridized carbons (Fsp3) is 0.0667. The van der Waals surface area contributed by atoms with Gasteiger partial charge in [0.15, 0.2) is 17.2 Å². The summed E-state index contributed by atoms with van der Waals surface area (Å²) in [4.78, 5) is 17.0. The predicted molar refractivity (Wildman–Crippen MR) is 144 cm³/mol. The number of cyclic esters (lactones) is 1. The summed E-state index contributed by atoms with van der Waals surface area (Å²) in [5.41, 5.74) is 4.91. The van der Waals surface area contributed by atoms with Gasteiger partial charge in [-0.2, -0.15) is 0 Å². The molecule has 0 radical (unpaired) electrons. The Bertz CT molecular complexity index is 1450. The summed E-state index contributed by atoms with van der Waals surface area (Å²) >= 11 is 3.57. The second-order valence-electron chi connectivity index (χ2n) is 8.09. The molecular formula is C30H22BrNO4. The number of esters is 1. The molecule has 0 saturated heterocycles. The quantitative estimate of drug-likeness (QED) is 0.186. The molecule has 1 aliphatic heterocycles. The number of ether oxygens (including phenoxy) is 3. The van der Waals surface area contributed by atoms with Gasteiger partial charge in [0, 0.05) is 5.56 Å². The number of benzene rings is 4. The van der Waals surface area contributed by atoms with E-state index in [1.807, 2.05) is 91.0 Å². The summed E-state index contributed by atoms with van der Waals surface area (Å²) in [6.45, 7) is 0.402. The molecule has 0 fully saturated rings. The van der Waals surface area contributed by atoms with Crippen LogP contribution in [0, 0.1) is 0 Å². The molecule has 36 heavy (non-hydrogen) atoms. The highest BCUT2D eigenvalue weighted by molar-refractivity contribution is 9.10. The van der Waals surface area contributed by atoms with Crippen molar-refractivity contribution in [1.29, 1.82) is 0 Å². The van der Waals surface area contributed by atoms with Gasteiger partial charge in [0.2, 0.25) is 5.90 Å². The first-order valence-corrected chi connectivity index (χ1v) is 12.1. The Labute approximate surface area is 217 Å². The van der Waals surface area contributed by atoms with Crippen molar-refractivity contribution in [2.24, 2.45) is 4.99 Å². The van der Waals surface area contributed by atoms with Crippen LogP contribution in [0.4, 0.5) is 0 Å². The molecule has 0 spiro atoms. The number of rotatable bonds is 7. The van der Waals surface area contributed by atoms with E-state index in [4.69, 9.17) is 14.2 Å². The van der Waals surface area contributed by atoms with Crippen molar-refractivity contribution in [1.82, 2.24) is 0 Å². The van der Waals surface area contributed by atoms with Gasteiger partial charge in [-0.3, -0.25) is 0 Å². The van der Waals surface area contributed by atoms with Crippen LogP contribution in [-0.4, -0.2) is 19.0 Å². The molecule has 5 nitrogen and oxygen atoms in total. The number of carbonyl (C=O) groups is 1. The molecule has 1 heterocycles. The third-order valence-corrected chi connectivity index (χ3v) is 6.23. The SMILES string of the molecule is COc1cc(/C=C2\N=C(c3ccc(-c4ccccc4)cc3)OC2=O)cc(Br)c1OCc1ccccc1. The highest BCUT2D eigenvalue weighted by Gasteiger charge is 2.24. The molecule has 4 aromatic carbocycles. The molecule has 0 aliphatic carbocycles. The van der Waals surface area contributed by atoms with Gasteiger partial charge in [-0.05, 0) is 68.5 Å². The first-order valence-electron chi connectivity index (χ1n) is 11.3. The van der Waals surface area contributed by atoms with Gasteiger partial charge in [-0.25, -0.2) is 9.79 Å². The van der Waals surface area contributed by atoms with Crippen LogP contribution in [0.25, 0.3) is 17.2 Å². The number of hydrogen-bond donors (Lipinski definition) is 0. The average molecular weight is 540 g/mol. The Morgan fingerprint density at radius 2 is 1.50 bits per heavy atom. The van der Waals surface area contributed by atoms with Crippen LogP contribution < -0.4 is 9.47 Å². The van der Waals surface area contributed by atoms with E-state index in [-0.39, 0.29) is 11.6 Å². The minimum absolute atomic E-state index is 0.212. The lowest BCUT2D eigenvalue weighted by atomic mass is 10.0. The van der Waals surface area contributed by atoms with E-state index >= 15 is 0 Å². The fourth-order valence-corrected chi connectivity index (χ4v) is 4.39. The zero-order chi connectivity index (χ0) is 24.9. The number of methoxy groups -OCH3 is 1. The Hall–Kier alpha value is -4.16. The van der Waals surface area contributed by atoms with Crippen molar-refractivity contribution in [3.8, 4) is 22.6 Å². The van der Waals surface area contributed by atoms with Gasteiger partial charge in [0.25, 0.3) is 0 Å². The highest BCUT2D eigenvalue weighted by Crippen LogP contribution is 2.38. The van der Waals surface area contributed by atoms with E-state index in [2.05, 4.69) is 20.9 Å². The molecule has 0 N–H and O–H groups in total. The van der Waals surface area contributed by atoms with E-state index in [0.717, 1.165) is 27.8 Å². The number of halogens is 1. The molecular weight excluding hydrogens is 518 g/mol. The van der Waals surface area contributed by atoms with Crippen molar-refractivity contribution in [3.05, 3.63) is 124 Å². The summed E-state index contributed by atoms with van der Waals surface area (Å²) < 4.78 is 17.7. The van der Waals surface area contributed by atoms with Crippen LogP contribution in [0.15, 0.2) is 112 Å². The van der Waals surface area contributed by atoms with Crippen molar-refractivity contribution >= 4 is 33.9 Å². The lowest BCUT2D eigenvalue weighted by Gasteiger charge is -2.13. The number of hydrogen-bond acceptors (Lipinski definition) is 5. The van der Waals surface area contributed by atoms with Gasteiger partial charge in [-0.1, -0.05) is 72.8 Å². The van der Waals surface area contributed by atoms with Crippen LogP contribution in [0.5, 0.6) is 11.5 Å². The van der Waals surface area contributed by atoms with Crippen molar-refractivity contribution < 1.29 is 19.0 Å². The molecule has 5 rings (SSSR count). The minimum Gasteiger partial charge on any atom is -0.493 e. The molecule has 4 aromatic rings. The molecule has 0 unspecified atom stereocenters. The molecule has 6 heteroatoms. The van der Waals surface area contributed by atoms with Crippen LogP contribution in [0.1, 0.15) is 16.7 Å². The van der Waals surface area contributed by atoms with Gasteiger partial charge >= 0.3 is 5.97 Å². The van der Waals surface area contributed by atoms with Gasteiger partial charge in [0.05, 0.1) is 11.6 Å². The maximum absolute atomic E-state index is 12.5. The zero-order valence-corrected chi connectivity index (χ0v) is 21.1. The average Bonchev–Trinajstić information content (AvgIpc) is 3.28. The Morgan fingerprint density at radius 1 is 0.861 bits per heavy atom. The first-order chi connectivity index (χ1) is 17.6. The van der Waals surface area contributed by atoms with Crippen LogP contribution in [0.2, 0.25) is 0 Å². The number of aliphatic imine (C=N–C) groups is 1. The standard InChI is InChI=1S/C30H22BrNO4/c1-34-27-18-21(16-25(31)28(27)35-19-20-8-4-2-5-9-20)17-26-30(33)36-29(32-26)24-14-12-23(13-15-24)22-10-6-3-7-11-22/h2-18H,19H2,1H3/b26-17-. The molecule has 0 atom stereocenters. The van der Waals surface area contributed by atoms with E-state index < -0.39 is 5.97 Å². The minimum atomic E-state index is -0.503. The molecule has 0 aromatic heterocycles. The highest BCUT2D eigenvalue weighted by atomic mass is 79.9. The Kier molecular flexibility index (Phi) is 6.96. The molecule has 1 aliphatic rings. The Morgan fingerprint density at radius 3 is 2.19 bits per heavy atom. The number of carbonyl (C=O) groups excluding carboxylic acids is 1. The summed E-state index contributed by atoms with van der Waals surface area (Å²) in [5.74, 6) is 0.899. The largest absolute Gasteiger partial charge is 0.493 e. The normalized spacial score (nSPS) is 13.9. The summed E-state index contributed by atoms with van der Waals surface area (Å²) in [5, 5.41) is 0. The number of nitrogens with zero attached hydrogens (tertiary/aromatic N) is 1. The van der Waals surface area contributed by atoms with Crippen LogP contribution in [0.3, 0.4) is 0 Å². The topological polar surface area (TPSA) is 57.1 Å². The molecule has 0 saturated carbocycles. The Balaban J connectivity index is 1.37. The maximum atomic E-state index is 12.5. The maximum Gasteiger partial charge on any atom is 0.363 e. The fourth-order valence-electron chi connectivity index (χ4n) is 3.82. The second-order valence-corrected chi connectivity index (χ2v) is 8.94. The van der Waals surface area contributed by atoms with E-state index in [9.17, 15) is 4.79 Å². The van der Waals surface area contributed by atoms with E-state index in [1.54, 1.807) is 19.3 Å².